The van der Waals surface area contributed by atoms with Crippen LogP contribution in [0, 0.1) is 0 Å². The molecule has 2 aromatic rings. The highest BCUT2D eigenvalue weighted by Gasteiger charge is 2.28. The Morgan fingerprint density at radius 1 is 1.06 bits per heavy atom. The van der Waals surface area contributed by atoms with Crippen molar-refractivity contribution >= 4 is 34.2 Å². The summed E-state index contributed by atoms with van der Waals surface area (Å²) in [7, 11) is 1.57. The molecular weight excluding hydrogens is 422 g/mol. The lowest BCUT2D eigenvalue weighted by Gasteiger charge is -2.09. The van der Waals surface area contributed by atoms with Gasteiger partial charge in [-0.05, 0) is 56.0 Å². The number of methoxy groups -OCH3 is 1. The van der Waals surface area contributed by atoms with Crippen LogP contribution in [0.15, 0.2) is 24.3 Å². The first-order chi connectivity index (χ1) is 15.0. The van der Waals surface area contributed by atoms with Crippen LogP contribution < -0.4 is 14.8 Å². The predicted molar refractivity (Wildman–Crippen MR) is 115 cm³/mol. The fourth-order valence-corrected chi connectivity index (χ4v) is 4.51. The monoisotopic (exact) mass is 447 g/mol. The van der Waals surface area contributed by atoms with Crippen molar-refractivity contribution in [3.8, 4) is 11.5 Å². The second-order valence-corrected chi connectivity index (χ2v) is 7.87. The Balaban J connectivity index is 1.45. The molecule has 3 rings (SSSR count). The van der Waals surface area contributed by atoms with E-state index in [1.807, 2.05) is 0 Å². The molecule has 0 aliphatic heterocycles. The molecule has 1 aromatic heterocycles. The highest BCUT2D eigenvalue weighted by Crippen LogP contribution is 2.39. The van der Waals surface area contributed by atoms with Gasteiger partial charge in [0.25, 0.3) is 5.91 Å². The van der Waals surface area contributed by atoms with Gasteiger partial charge in [-0.3, -0.25) is 9.59 Å². The van der Waals surface area contributed by atoms with E-state index in [9.17, 15) is 14.4 Å². The number of aryl methyl sites for hydroxylation is 1. The summed E-state index contributed by atoms with van der Waals surface area (Å²) >= 11 is 1.38. The molecule has 0 fully saturated rings. The van der Waals surface area contributed by atoms with Crippen molar-refractivity contribution in [2.75, 3.05) is 32.2 Å². The molecule has 1 amide bonds. The first-order valence-corrected chi connectivity index (χ1v) is 10.9. The summed E-state index contributed by atoms with van der Waals surface area (Å²) < 4.78 is 20.7. The van der Waals surface area contributed by atoms with Crippen LogP contribution in [0.3, 0.4) is 0 Å². The van der Waals surface area contributed by atoms with Crippen LogP contribution in [0.5, 0.6) is 11.5 Å². The fourth-order valence-electron chi connectivity index (χ4n) is 3.22. The molecule has 1 aromatic carbocycles. The van der Waals surface area contributed by atoms with Gasteiger partial charge in [-0.2, -0.15) is 0 Å². The van der Waals surface area contributed by atoms with Crippen LogP contribution in [0.2, 0.25) is 0 Å². The van der Waals surface area contributed by atoms with Gasteiger partial charge in [-0.25, -0.2) is 4.79 Å². The lowest BCUT2D eigenvalue weighted by Crippen LogP contribution is -2.22. The number of esters is 2. The maximum atomic E-state index is 12.3. The summed E-state index contributed by atoms with van der Waals surface area (Å²) in [5, 5.41) is 3.14. The molecule has 9 heteroatoms. The van der Waals surface area contributed by atoms with Gasteiger partial charge in [-0.1, -0.05) is 0 Å². The number of ether oxygens (including phenoxy) is 4. The van der Waals surface area contributed by atoms with E-state index in [2.05, 4.69) is 5.32 Å². The van der Waals surface area contributed by atoms with Crippen LogP contribution in [0.1, 0.15) is 40.6 Å². The van der Waals surface area contributed by atoms with Gasteiger partial charge in [0.2, 0.25) is 0 Å². The van der Waals surface area contributed by atoms with Crippen LogP contribution in [-0.2, 0) is 31.9 Å². The summed E-state index contributed by atoms with van der Waals surface area (Å²) in [4.78, 5) is 37.6. The number of hydrogen-bond donors (Lipinski definition) is 1. The van der Waals surface area contributed by atoms with Crippen LogP contribution in [0.4, 0.5) is 5.00 Å². The minimum absolute atomic E-state index is 0.000678. The van der Waals surface area contributed by atoms with E-state index in [1.54, 1.807) is 38.3 Å². The molecule has 1 aliphatic carbocycles. The van der Waals surface area contributed by atoms with E-state index >= 15 is 0 Å². The Bertz CT molecular complexity index is 936. The number of benzene rings is 1. The van der Waals surface area contributed by atoms with Gasteiger partial charge in [0.1, 0.15) is 16.5 Å². The summed E-state index contributed by atoms with van der Waals surface area (Å²) in [6.07, 6.45) is 2.66. The van der Waals surface area contributed by atoms with Crippen molar-refractivity contribution in [2.24, 2.45) is 0 Å². The second kappa shape index (κ2) is 10.8. The molecular formula is C22H25NO7S. The molecule has 1 heterocycles. The molecule has 1 N–H and O–H groups in total. The van der Waals surface area contributed by atoms with Crippen molar-refractivity contribution < 1.29 is 33.3 Å². The third-order valence-electron chi connectivity index (χ3n) is 4.65. The largest absolute Gasteiger partial charge is 0.497 e. The molecule has 0 saturated carbocycles. The maximum Gasteiger partial charge on any atom is 0.341 e. The second-order valence-electron chi connectivity index (χ2n) is 6.76. The minimum Gasteiger partial charge on any atom is -0.497 e. The minimum atomic E-state index is -0.553. The Labute approximate surface area is 184 Å². The number of fused-ring (bicyclic) bond motifs is 1. The van der Waals surface area contributed by atoms with Gasteiger partial charge in [0.15, 0.2) is 6.61 Å². The molecule has 0 radical (unpaired) electrons. The van der Waals surface area contributed by atoms with Gasteiger partial charge < -0.3 is 24.3 Å². The normalized spacial score (nSPS) is 12.1. The molecule has 0 saturated heterocycles. The molecule has 8 nitrogen and oxygen atoms in total. The van der Waals surface area contributed by atoms with Gasteiger partial charge in [0, 0.05) is 4.88 Å². The SMILES string of the molecule is CCOC(=O)c1c(NC(=O)COC(=O)CCOc2ccc(OC)cc2)sc2c1CCC2. The van der Waals surface area contributed by atoms with Gasteiger partial charge in [0.05, 0.1) is 32.3 Å². The smallest absolute Gasteiger partial charge is 0.341 e. The fraction of sp³-hybridized carbons (Fsp3) is 0.409. The summed E-state index contributed by atoms with van der Waals surface area (Å²) in [6.45, 7) is 1.68. The zero-order valence-corrected chi connectivity index (χ0v) is 18.3. The number of amides is 1. The van der Waals surface area contributed by atoms with Crippen molar-refractivity contribution in [3.05, 3.63) is 40.3 Å². The standard InChI is InChI=1S/C22H25NO7S/c1-3-28-22(26)20-16-5-4-6-17(16)31-21(20)23-18(24)13-30-19(25)11-12-29-15-9-7-14(27-2)8-10-15/h7-10H,3-6,11-13H2,1-2H3,(H,23,24). The number of rotatable bonds is 10. The molecule has 0 unspecified atom stereocenters. The highest BCUT2D eigenvalue weighted by atomic mass is 32.1. The zero-order valence-electron chi connectivity index (χ0n) is 17.5. The van der Waals surface area contributed by atoms with Gasteiger partial charge in [-0.15, -0.1) is 11.3 Å². The molecule has 1 aliphatic rings. The lowest BCUT2D eigenvalue weighted by molar-refractivity contribution is -0.147. The Morgan fingerprint density at radius 3 is 2.52 bits per heavy atom. The number of hydrogen-bond acceptors (Lipinski definition) is 8. The van der Waals surface area contributed by atoms with E-state index in [-0.39, 0.29) is 19.6 Å². The number of nitrogens with one attached hydrogen (secondary N) is 1. The topological polar surface area (TPSA) is 100 Å². The predicted octanol–water partition coefficient (Wildman–Crippen LogP) is 3.37. The number of anilines is 1. The average molecular weight is 448 g/mol. The average Bonchev–Trinajstić information content (AvgIpc) is 3.33. The van der Waals surface area contributed by atoms with E-state index in [0.29, 0.717) is 22.1 Å². The Morgan fingerprint density at radius 2 is 1.81 bits per heavy atom. The summed E-state index contributed by atoms with van der Waals surface area (Å²) in [6, 6.07) is 6.97. The molecule has 166 valence electrons. The van der Waals surface area contributed by atoms with Gasteiger partial charge >= 0.3 is 11.9 Å². The molecule has 0 bridgehead atoms. The maximum absolute atomic E-state index is 12.3. The van der Waals surface area contributed by atoms with Crippen molar-refractivity contribution in [1.29, 1.82) is 0 Å². The van der Waals surface area contributed by atoms with E-state index in [0.717, 1.165) is 29.7 Å². The third kappa shape index (κ3) is 5.97. The van der Waals surface area contributed by atoms with Crippen molar-refractivity contribution in [1.82, 2.24) is 0 Å². The third-order valence-corrected chi connectivity index (χ3v) is 5.86. The van der Waals surface area contributed by atoms with E-state index in [1.165, 1.54) is 11.3 Å². The van der Waals surface area contributed by atoms with Crippen molar-refractivity contribution in [2.45, 2.75) is 32.6 Å². The first-order valence-electron chi connectivity index (χ1n) is 10.1. The Hall–Kier alpha value is -3.07. The van der Waals surface area contributed by atoms with Crippen LogP contribution in [0.25, 0.3) is 0 Å². The molecule has 0 spiro atoms. The van der Waals surface area contributed by atoms with Crippen molar-refractivity contribution in [3.63, 3.8) is 0 Å². The van der Waals surface area contributed by atoms with E-state index in [4.69, 9.17) is 18.9 Å². The summed E-state index contributed by atoms with van der Waals surface area (Å²) in [5.41, 5.74) is 1.37. The lowest BCUT2D eigenvalue weighted by atomic mass is 10.1. The number of carbonyl (C=O) groups is 3. The summed E-state index contributed by atoms with van der Waals surface area (Å²) in [5.74, 6) is -0.189. The zero-order chi connectivity index (χ0) is 22.2. The van der Waals surface area contributed by atoms with E-state index < -0.39 is 24.5 Å². The van der Waals surface area contributed by atoms with Crippen LogP contribution >= 0.6 is 11.3 Å². The molecule has 31 heavy (non-hydrogen) atoms. The highest BCUT2D eigenvalue weighted by molar-refractivity contribution is 7.17. The quantitative estimate of drug-likeness (QED) is 0.557. The first kappa shape index (κ1) is 22.6. The number of carbonyl (C=O) groups excluding carboxylic acids is 3. The van der Waals surface area contributed by atoms with Crippen LogP contribution in [-0.4, -0.2) is 44.8 Å². The Kier molecular flexibility index (Phi) is 7.88. The number of thiophene rings is 1. The molecule has 0 atom stereocenters.